The summed E-state index contributed by atoms with van der Waals surface area (Å²) in [6.45, 7) is 4.62. The fourth-order valence-electron chi connectivity index (χ4n) is 3.59. The maximum Gasteiger partial charge on any atom is 0.223 e. The standard InChI is InChI=1S/C21H28N4O2/c1-13-8-16(26)9-14(2)17(13)10-15(25(3)4)12-24-21(27)19-11-18(19)20-22-6-5-7-23-20/h5-9,15,18-19,26H,10-12H2,1-4H3,(H,24,27). The molecule has 1 aromatic carbocycles. The van der Waals surface area contributed by atoms with Crippen molar-refractivity contribution in [3.05, 3.63) is 53.1 Å². The van der Waals surface area contributed by atoms with Crippen molar-refractivity contribution in [1.29, 1.82) is 0 Å². The van der Waals surface area contributed by atoms with Crippen molar-refractivity contribution in [2.75, 3.05) is 20.6 Å². The van der Waals surface area contributed by atoms with Crippen molar-refractivity contribution < 1.29 is 9.90 Å². The molecule has 1 amide bonds. The number of benzene rings is 1. The topological polar surface area (TPSA) is 78.3 Å². The maximum atomic E-state index is 12.5. The molecule has 1 aliphatic carbocycles. The van der Waals surface area contributed by atoms with Crippen LogP contribution in [0.25, 0.3) is 0 Å². The number of phenols is 1. The van der Waals surface area contributed by atoms with Gasteiger partial charge in [-0.05, 0) is 75.7 Å². The lowest BCUT2D eigenvalue weighted by molar-refractivity contribution is -0.122. The van der Waals surface area contributed by atoms with Gasteiger partial charge in [-0.25, -0.2) is 9.97 Å². The lowest BCUT2D eigenvalue weighted by Gasteiger charge is -2.26. The normalized spacial score (nSPS) is 19.7. The van der Waals surface area contributed by atoms with Crippen molar-refractivity contribution in [1.82, 2.24) is 20.2 Å². The van der Waals surface area contributed by atoms with Crippen LogP contribution in [0.1, 0.15) is 34.9 Å². The highest BCUT2D eigenvalue weighted by Crippen LogP contribution is 2.45. The van der Waals surface area contributed by atoms with Crippen molar-refractivity contribution in [2.45, 2.75) is 38.6 Å². The van der Waals surface area contributed by atoms with Gasteiger partial charge in [-0.15, -0.1) is 0 Å². The van der Waals surface area contributed by atoms with Crippen LogP contribution in [-0.4, -0.2) is 52.6 Å². The summed E-state index contributed by atoms with van der Waals surface area (Å²) in [6.07, 6.45) is 5.08. The molecule has 1 aromatic heterocycles. The second-order valence-electron chi connectivity index (χ2n) is 7.68. The van der Waals surface area contributed by atoms with E-state index in [1.807, 2.05) is 27.9 Å². The van der Waals surface area contributed by atoms with E-state index in [0.29, 0.717) is 12.3 Å². The third-order valence-electron chi connectivity index (χ3n) is 5.41. The van der Waals surface area contributed by atoms with E-state index < -0.39 is 0 Å². The molecule has 1 aliphatic rings. The molecule has 144 valence electrons. The van der Waals surface area contributed by atoms with Gasteiger partial charge in [0.2, 0.25) is 5.91 Å². The van der Waals surface area contributed by atoms with E-state index in [-0.39, 0.29) is 23.8 Å². The van der Waals surface area contributed by atoms with Gasteiger partial charge < -0.3 is 15.3 Å². The van der Waals surface area contributed by atoms with E-state index in [1.165, 1.54) is 5.56 Å². The van der Waals surface area contributed by atoms with Crippen molar-refractivity contribution in [2.24, 2.45) is 5.92 Å². The zero-order valence-electron chi connectivity index (χ0n) is 16.4. The number of nitrogens with one attached hydrogen (secondary N) is 1. The molecule has 27 heavy (non-hydrogen) atoms. The van der Waals surface area contributed by atoms with Crippen LogP contribution < -0.4 is 5.32 Å². The highest BCUT2D eigenvalue weighted by Gasteiger charge is 2.45. The quantitative estimate of drug-likeness (QED) is 0.783. The minimum absolute atomic E-state index is 0.0210. The molecular weight excluding hydrogens is 340 g/mol. The molecule has 6 nitrogen and oxygen atoms in total. The number of aromatic hydroxyl groups is 1. The minimum atomic E-state index is -0.0210. The third-order valence-corrected chi connectivity index (χ3v) is 5.41. The Morgan fingerprint density at radius 3 is 2.48 bits per heavy atom. The Balaban J connectivity index is 1.59. The van der Waals surface area contributed by atoms with Crippen LogP contribution in [0.5, 0.6) is 5.75 Å². The maximum absolute atomic E-state index is 12.5. The Morgan fingerprint density at radius 2 is 1.89 bits per heavy atom. The van der Waals surface area contributed by atoms with Gasteiger partial charge in [0.1, 0.15) is 11.6 Å². The number of likely N-dealkylation sites (N-methyl/N-ethyl adjacent to an activating group) is 1. The van der Waals surface area contributed by atoms with E-state index in [1.54, 1.807) is 30.6 Å². The number of carbonyl (C=O) groups excluding carboxylic acids is 1. The van der Waals surface area contributed by atoms with Gasteiger partial charge in [-0.1, -0.05) is 0 Å². The Morgan fingerprint density at radius 1 is 1.26 bits per heavy atom. The number of amides is 1. The monoisotopic (exact) mass is 368 g/mol. The van der Waals surface area contributed by atoms with Gasteiger partial charge in [0.25, 0.3) is 0 Å². The van der Waals surface area contributed by atoms with Gasteiger partial charge in [-0.3, -0.25) is 4.79 Å². The van der Waals surface area contributed by atoms with Crippen LogP contribution >= 0.6 is 0 Å². The zero-order valence-corrected chi connectivity index (χ0v) is 16.4. The predicted molar refractivity (Wildman–Crippen MR) is 105 cm³/mol. The van der Waals surface area contributed by atoms with Gasteiger partial charge in [0.15, 0.2) is 0 Å². The Hall–Kier alpha value is -2.47. The fraction of sp³-hybridized carbons (Fsp3) is 0.476. The lowest BCUT2D eigenvalue weighted by atomic mass is 9.95. The second kappa shape index (κ2) is 8.05. The molecule has 3 rings (SSSR count). The lowest BCUT2D eigenvalue weighted by Crippen LogP contribution is -2.42. The molecule has 6 heteroatoms. The van der Waals surface area contributed by atoms with Crippen LogP contribution in [0.3, 0.4) is 0 Å². The summed E-state index contributed by atoms with van der Waals surface area (Å²) >= 11 is 0. The number of aryl methyl sites for hydroxylation is 2. The van der Waals surface area contributed by atoms with Crippen LogP contribution in [0.4, 0.5) is 0 Å². The molecule has 2 N–H and O–H groups in total. The fourth-order valence-corrected chi connectivity index (χ4v) is 3.59. The molecule has 0 saturated heterocycles. The molecule has 0 bridgehead atoms. The second-order valence-corrected chi connectivity index (χ2v) is 7.68. The average molecular weight is 368 g/mol. The number of aromatic nitrogens is 2. The smallest absolute Gasteiger partial charge is 0.223 e. The Bertz CT molecular complexity index is 784. The summed E-state index contributed by atoms with van der Waals surface area (Å²) in [5.74, 6) is 1.26. The minimum Gasteiger partial charge on any atom is -0.508 e. The SMILES string of the molecule is Cc1cc(O)cc(C)c1CC(CNC(=O)C1CC1c1ncccn1)N(C)C. The molecule has 0 aliphatic heterocycles. The van der Waals surface area contributed by atoms with E-state index in [2.05, 4.69) is 20.2 Å². The summed E-state index contributed by atoms with van der Waals surface area (Å²) in [5, 5.41) is 12.9. The van der Waals surface area contributed by atoms with Gasteiger partial charge >= 0.3 is 0 Å². The average Bonchev–Trinajstić information content (AvgIpc) is 3.41. The molecule has 1 heterocycles. The van der Waals surface area contributed by atoms with E-state index in [0.717, 1.165) is 29.8 Å². The molecule has 2 aromatic rings. The van der Waals surface area contributed by atoms with E-state index >= 15 is 0 Å². The molecule has 3 atom stereocenters. The van der Waals surface area contributed by atoms with Gasteiger partial charge in [0, 0.05) is 36.8 Å². The number of hydrogen-bond donors (Lipinski definition) is 2. The summed E-state index contributed by atoms with van der Waals surface area (Å²) in [7, 11) is 4.05. The molecule has 0 spiro atoms. The number of nitrogens with zero attached hydrogens (tertiary/aromatic N) is 3. The Labute approximate surface area is 160 Å². The van der Waals surface area contributed by atoms with E-state index in [9.17, 15) is 9.90 Å². The summed E-state index contributed by atoms with van der Waals surface area (Å²) in [4.78, 5) is 23.2. The van der Waals surface area contributed by atoms with Gasteiger partial charge in [-0.2, -0.15) is 0 Å². The zero-order chi connectivity index (χ0) is 19.6. The first kappa shape index (κ1) is 19.3. The van der Waals surface area contributed by atoms with Crippen LogP contribution in [0, 0.1) is 19.8 Å². The van der Waals surface area contributed by atoms with Crippen LogP contribution in [-0.2, 0) is 11.2 Å². The van der Waals surface area contributed by atoms with Crippen molar-refractivity contribution in [3.63, 3.8) is 0 Å². The number of carbonyl (C=O) groups is 1. The third kappa shape index (κ3) is 4.63. The number of phenolic OH excluding ortho intramolecular Hbond substituents is 1. The Kier molecular flexibility index (Phi) is 5.75. The first-order chi connectivity index (χ1) is 12.9. The first-order valence-corrected chi connectivity index (χ1v) is 9.37. The summed E-state index contributed by atoms with van der Waals surface area (Å²) in [5.41, 5.74) is 3.38. The highest BCUT2D eigenvalue weighted by molar-refractivity contribution is 5.82. The van der Waals surface area contributed by atoms with Gasteiger partial charge in [0.05, 0.1) is 0 Å². The van der Waals surface area contributed by atoms with E-state index in [4.69, 9.17) is 0 Å². The van der Waals surface area contributed by atoms with Crippen molar-refractivity contribution >= 4 is 5.91 Å². The highest BCUT2D eigenvalue weighted by atomic mass is 16.3. The van der Waals surface area contributed by atoms with Crippen LogP contribution in [0.15, 0.2) is 30.6 Å². The van der Waals surface area contributed by atoms with Crippen molar-refractivity contribution in [3.8, 4) is 5.75 Å². The summed E-state index contributed by atoms with van der Waals surface area (Å²) in [6, 6.07) is 5.56. The molecule has 1 saturated carbocycles. The number of rotatable bonds is 7. The number of hydrogen-bond acceptors (Lipinski definition) is 5. The molecule has 0 radical (unpaired) electrons. The first-order valence-electron chi connectivity index (χ1n) is 9.37. The molecule has 1 fully saturated rings. The molecular formula is C21H28N4O2. The van der Waals surface area contributed by atoms with Crippen LogP contribution in [0.2, 0.25) is 0 Å². The summed E-state index contributed by atoms with van der Waals surface area (Å²) < 4.78 is 0. The largest absolute Gasteiger partial charge is 0.508 e. The molecule has 3 unspecified atom stereocenters. The predicted octanol–water partition coefficient (Wildman–Crippen LogP) is 2.19.